The minimum Gasteiger partial charge on any atom is -0.383 e. The highest BCUT2D eigenvalue weighted by Gasteiger charge is 2.11. The van der Waals surface area contributed by atoms with E-state index in [2.05, 4.69) is 34.9 Å². The highest BCUT2D eigenvalue weighted by atomic mass is 127. The smallest absolute Gasteiger partial charge is 0.108 e. The van der Waals surface area contributed by atoms with Crippen LogP contribution in [0.15, 0.2) is 42.1 Å². The largest absolute Gasteiger partial charge is 0.383 e. The van der Waals surface area contributed by atoms with Crippen LogP contribution in [0.1, 0.15) is 18.6 Å². The standard InChI is InChI=1S/C11H11IO/c1-3-8(2)11(13)9-6-4-5-7-10(9)12/h4-7,11,13H,1H2,2H3. The van der Waals surface area contributed by atoms with Gasteiger partial charge >= 0.3 is 0 Å². The fraction of sp³-hybridized carbons (Fsp3) is 0.182. The number of hydrogen-bond donors (Lipinski definition) is 1. The van der Waals surface area contributed by atoms with E-state index in [0.717, 1.165) is 14.7 Å². The zero-order valence-electron chi connectivity index (χ0n) is 7.42. The van der Waals surface area contributed by atoms with Crippen LogP contribution < -0.4 is 0 Å². The van der Waals surface area contributed by atoms with Gasteiger partial charge in [-0.05, 0) is 41.1 Å². The third kappa shape index (κ3) is 2.44. The summed E-state index contributed by atoms with van der Waals surface area (Å²) in [6, 6.07) is 7.74. The molecule has 1 aromatic carbocycles. The van der Waals surface area contributed by atoms with Gasteiger partial charge in [0, 0.05) is 9.14 Å². The monoisotopic (exact) mass is 286 g/mol. The molecule has 1 unspecified atom stereocenters. The lowest BCUT2D eigenvalue weighted by Gasteiger charge is -2.11. The molecule has 0 amide bonds. The van der Waals surface area contributed by atoms with Gasteiger partial charge in [0.2, 0.25) is 0 Å². The van der Waals surface area contributed by atoms with E-state index in [0.29, 0.717) is 0 Å². The summed E-state index contributed by atoms with van der Waals surface area (Å²) in [6.07, 6.45) is -0.578. The number of benzene rings is 1. The first kappa shape index (κ1) is 10.5. The lowest BCUT2D eigenvalue weighted by Crippen LogP contribution is -2.00. The molecule has 0 aliphatic heterocycles. The second-order valence-electron chi connectivity index (χ2n) is 2.78. The summed E-state index contributed by atoms with van der Waals surface area (Å²) < 4.78 is 1.06. The maximum absolute atomic E-state index is 9.83. The van der Waals surface area contributed by atoms with Gasteiger partial charge < -0.3 is 5.11 Å². The molecule has 0 bridgehead atoms. The van der Waals surface area contributed by atoms with Crippen molar-refractivity contribution in [3.63, 3.8) is 0 Å². The van der Waals surface area contributed by atoms with E-state index >= 15 is 0 Å². The molecular formula is C11H11IO. The normalized spacial score (nSPS) is 11.9. The molecule has 13 heavy (non-hydrogen) atoms. The molecule has 68 valence electrons. The first-order valence-electron chi connectivity index (χ1n) is 3.96. The first-order valence-corrected chi connectivity index (χ1v) is 5.03. The first-order chi connectivity index (χ1) is 6.16. The number of hydrogen-bond acceptors (Lipinski definition) is 1. The molecule has 1 N–H and O–H groups in total. The Bertz CT molecular complexity index is 351. The van der Waals surface area contributed by atoms with Crippen molar-refractivity contribution in [1.82, 2.24) is 0 Å². The number of aliphatic hydroxyl groups excluding tert-OH is 1. The average molecular weight is 286 g/mol. The Morgan fingerprint density at radius 2 is 2.15 bits per heavy atom. The minimum absolute atomic E-state index is 0.578. The molecule has 1 nitrogen and oxygen atoms in total. The van der Waals surface area contributed by atoms with Crippen molar-refractivity contribution in [1.29, 1.82) is 0 Å². The molecule has 0 heterocycles. The minimum atomic E-state index is -0.578. The average Bonchev–Trinajstić information content (AvgIpc) is 2.16. The zero-order chi connectivity index (χ0) is 9.84. The molecule has 0 radical (unpaired) electrons. The topological polar surface area (TPSA) is 20.2 Å². The Balaban J connectivity index is 3.09. The number of aliphatic hydroxyl groups is 1. The summed E-state index contributed by atoms with van der Waals surface area (Å²) in [5, 5.41) is 9.83. The Morgan fingerprint density at radius 1 is 1.54 bits per heavy atom. The Labute approximate surface area is 91.9 Å². The van der Waals surface area contributed by atoms with Crippen molar-refractivity contribution in [3.05, 3.63) is 51.3 Å². The van der Waals surface area contributed by atoms with E-state index in [1.807, 2.05) is 31.2 Å². The Kier molecular flexibility index (Phi) is 3.72. The van der Waals surface area contributed by atoms with Crippen LogP contribution in [-0.4, -0.2) is 5.11 Å². The molecule has 0 saturated carbocycles. The van der Waals surface area contributed by atoms with Crippen molar-refractivity contribution >= 4 is 22.6 Å². The van der Waals surface area contributed by atoms with Crippen molar-refractivity contribution in [3.8, 4) is 0 Å². The van der Waals surface area contributed by atoms with E-state index in [1.54, 1.807) is 0 Å². The highest BCUT2D eigenvalue weighted by Crippen LogP contribution is 2.24. The molecule has 1 rings (SSSR count). The molecule has 0 saturated heterocycles. The van der Waals surface area contributed by atoms with Crippen LogP contribution in [0.3, 0.4) is 0 Å². The van der Waals surface area contributed by atoms with Gasteiger partial charge in [0.15, 0.2) is 0 Å². The van der Waals surface area contributed by atoms with Crippen LogP contribution in [0.2, 0.25) is 0 Å². The summed E-state index contributed by atoms with van der Waals surface area (Å²) in [5.74, 6) is 0. The third-order valence-electron chi connectivity index (χ3n) is 1.89. The number of rotatable bonds is 2. The third-order valence-corrected chi connectivity index (χ3v) is 2.87. The van der Waals surface area contributed by atoms with E-state index in [-0.39, 0.29) is 0 Å². The second kappa shape index (κ2) is 4.61. The van der Waals surface area contributed by atoms with Crippen molar-refractivity contribution in [2.75, 3.05) is 0 Å². The summed E-state index contributed by atoms with van der Waals surface area (Å²) in [4.78, 5) is 0. The van der Waals surface area contributed by atoms with Gasteiger partial charge in [0.05, 0.1) is 0 Å². The lowest BCUT2D eigenvalue weighted by atomic mass is 10.0. The molecule has 1 aromatic rings. The predicted octanol–water partition coefficient (Wildman–Crippen LogP) is 3.06. The van der Waals surface area contributed by atoms with Crippen LogP contribution in [0.4, 0.5) is 0 Å². The fourth-order valence-electron chi connectivity index (χ4n) is 1.03. The van der Waals surface area contributed by atoms with Crippen LogP contribution >= 0.6 is 22.6 Å². The van der Waals surface area contributed by atoms with Crippen LogP contribution in [0, 0.1) is 3.57 Å². The SMILES string of the molecule is C=C=C(C)C(O)c1ccccc1I. The Hall–Kier alpha value is -0.570. The van der Waals surface area contributed by atoms with Crippen LogP contribution in [0.25, 0.3) is 0 Å². The second-order valence-corrected chi connectivity index (χ2v) is 3.95. The summed E-state index contributed by atoms with van der Waals surface area (Å²) >= 11 is 2.20. The zero-order valence-corrected chi connectivity index (χ0v) is 9.58. The van der Waals surface area contributed by atoms with Crippen LogP contribution in [0.5, 0.6) is 0 Å². The van der Waals surface area contributed by atoms with Gasteiger partial charge in [-0.2, -0.15) is 0 Å². The summed E-state index contributed by atoms with van der Waals surface area (Å²) in [7, 11) is 0. The van der Waals surface area contributed by atoms with E-state index in [9.17, 15) is 5.11 Å². The Morgan fingerprint density at radius 3 is 2.69 bits per heavy atom. The van der Waals surface area contributed by atoms with Gasteiger partial charge in [-0.25, -0.2) is 0 Å². The quantitative estimate of drug-likeness (QED) is 0.654. The summed E-state index contributed by atoms with van der Waals surface area (Å²) in [6.45, 7) is 5.33. The van der Waals surface area contributed by atoms with Gasteiger partial charge in [-0.1, -0.05) is 24.8 Å². The van der Waals surface area contributed by atoms with Gasteiger partial charge in [-0.15, -0.1) is 5.73 Å². The molecule has 0 fully saturated rings. The fourth-order valence-corrected chi connectivity index (χ4v) is 1.71. The summed E-state index contributed by atoms with van der Waals surface area (Å²) in [5.41, 5.74) is 4.37. The molecule has 0 aromatic heterocycles. The maximum Gasteiger partial charge on any atom is 0.108 e. The van der Waals surface area contributed by atoms with Gasteiger partial charge in [-0.3, -0.25) is 0 Å². The maximum atomic E-state index is 9.83. The molecule has 0 spiro atoms. The van der Waals surface area contributed by atoms with E-state index in [4.69, 9.17) is 0 Å². The predicted molar refractivity (Wildman–Crippen MR) is 62.4 cm³/mol. The molecular weight excluding hydrogens is 275 g/mol. The molecule has 0 aliphatic rings. The van der Waals surface area contributed by atoms with Crippen molar-refractivity contribution in [2.45, 2.75) is 13.0 Å². The van der Waals surface area contributed by atoms with E-state index < -0.39 is 6.10 Å². The van der Waals surface area contributed by atoms with Gasteiger partial charge in [0.1, 0.15) is 6.10 Å². The molecule has 0 aliphatic carbocycles. The molecule has 1 atom stereocenters. The van der Waals surface area contributed by atoms with Gasteiger partial charge in [0.25, 0.3) is 0 Å². The van der Waals surface area contributed by atoms with Crippen LogP contribution in [-0.2, 0) is 0 Å². The highest BCUT2D eigenvalue weighted by molar-refractivity contribution is 14.1. The van der Waals surface area contributed by atoms with Crippen molar-refractivity contribution < 1.29 is 5.11 Å². The number of halogens is 1. The lowest BCUT2D eigenvalue weighted by molar-refractivity contribution is 0.215. The molecule has 2 heteroatoms. The van der Waals surface area contributed by atoms with E-state index in [1.165, 1.54) is 0 Å². The van der Waals surface area contributed by atoms with Crippen molar-refractivity contribution in [2.24, 2.45) is 0 Å².